The van der Waals surface area contributed by atoms with Crippen molar-refractivity contribution >= 4 is 11.5 Å². The van der Waals surface area contributed by atoms with Crippen LogP contribution >= 0.6 is 0 Å². The van der Waals surface area contributed by atoms with Crippen LogP contribution in [-0.2, 0) is 13.1 Å². The highest BCUT2D eigenvalue weighted by atomic mass is 16.6. The second-order valence-electron chi connectivity index (χ2n) is 7.72. The Balaban J connectivity index is 2.22. The van der Waals surface area contributed by atoms with E-state index >= 15 is 0 Å². The molecule has 3 aromatic rings. The van der Waals surface area contributed by atoms with Crippen molar-refractivity contribution in [3.8, 4) is 5.69 Å². The summed E-state index contributed by atoms with van der Waals surface area (Å²) in [6, 6.07) is 13.1. The number of nitro groups is 1. The standard InChI is InChI=1S/C23H28N6O3/c1-5-27(6-2)16-22-25-24-21(15-26(3)4)28(22)20-13-12-18(29(31)32)14-19(20)23(30)17-10-8-7-9-11-17/h7-14H,5-6,15-16H2,1-4H3. The molecule has 32 heavy (non-hydrogen) atoms. The van der Waals surface area contributed by atoms with Crippen LogP contribution in [0.4, 0.5) is 5.69 Å². The Bertz CT molecular complexity index is 1090. The lowest BCUT2D eigenvalue weighted by atomic mass is 10.0. The van der Waals surface area contributed by atoms with E-state index < -0.39 is 4.92 Å². The van der Waals surface area contributed by atoms with E-state index in [1.165, 1.54) is 12.1 Å². The molecule has 9 heteroatoms. The Morgan fingerprint density at radius 1 is 1.00 bits per heavy atom. The molecule has 0 aliphatic heterocycles. The zero-order valence-corrected chi connectivity index (χ0v) is 18.9. The lowest BCUT2D eigenvalue weighted by molar-refractivity contribution is -0.384. The first-order chi connectivity index (χ1) is 15.3. The molecule has 0 unspecified atom stereocenters. The molecule has 0 atom stereocenters. The summed E-state index contributed by atoms with van der Waals surface area (Å²) in [5.41, 5.74) is 1.10. The van der Waals surface area contributed by atoms with Gasteiger partial charge in [0.05, 0.1) is 29.3 Å². The van der Waals surface area contributed by atoms with Gasteiger partial charge in [-0.2, -0.15) is 0 Å². The highest BCUT2D eigenvalue weighted by Gasteiger charge is 2.24. The van der Waals surface area contributed by atoms with Crippen molar-refractivity contribution in [2.45, 2.75) is 26.9 Å². The molecular weight excluding hydrogens is 408 g/mol. The van der Waals surface area contributed by atoms with Crippen LogP contribution in [0.25, 0.3) is 5.69 Å². The van der Waals surface area contributed by atoms with Crippen LogP contribution in [0, 0.1) is 10.1 Å². The van der Waals surface area contributed by atoms with Gasteiger partial charge in [0.1, 0.15) is 0 Å². The SMILES string of the molecule is CCN(CC)Cc1nnc(CN(C)C)n1-c1ccc([N+](=O)[O-])cc1C(=O)c1ccccc1. The van der Waals surface area contributed by atoms with E-state index in [0.29, 0.717) is 36.0 Å². The average molecular weight is 437 g/mol. The molecule has 0 aliphatic carbocycles. The van der Waals surface area contributed by atoms with Gasteiger partial charge in [-0.25, -0.2) is 0 Å². The lowest BCUT2D eigenvalue weighted by Crippen LogP contribution is -2.25. The molecule has 3 rings (SSSR count). The number of hydrogen-bond acceptors (Lipinski definition) is 7. The van der Waals surface area contributed by atoms with Crippen LogP contribution in [0.15, 0.2) is 48.5 Å². The van der Waals surface area contributed by atoms with Gasteiger partial charge in [0.25, 0.3) is 5.69 Å². The minimum atomic E-state index is -0.491. The van der Waals surface area contributed by atoms with Gasteiger partial charge in [-0.3, -0.25) is 24.4 Å². The second kappa shape index (κ2) is 10.3. The smallest absolute Gasteiger partial charge is 0.270 e. The molecule has 0 amide bonds. The lowest BCUT2D eigenvalue weighted by Gasteiger charge is -2.20. The Hall–Kier alpha value is -3.43. The van der Waals surface area contributed by atoms with Crippen LogP contribution in [0.1, 0.15) is 41.4 Å². The van der Waals surface area contributed by atoms with Crippen molar-refractivity contribution in [3.63, 3.8) is 0 Å². The maximum Gasteiger partial charge on any atom is 0.270 e. The van der Waals surface area contributed by atoms with Crippen LogP contribution < -0.4 is 0 Å². The maximum absolute atomic E-state index is 13.4. The van der Waals surface area contributed by atoms with Gasteiger partial charge in [-0.15, -0.1) is 10.2 Å². The van der Waals surface area contributed by atoms with Crippen molar-refractivity contribution in [2.75, 3.05) is 27.2 Å². The number of nitrogens with zero attached hydrogens (tertiary/aromatic N) is 6. The number of nitro benzene ring substituents is 1. The van der Waals surface area contributed by atoms with E-state index in [1.54, 1.807) is 30.3 Å². The Labute approximate surface area is 187 Å². The third-order valence-corrected chi connectivity index (χ3v) is 5.23. The van der Waals surface area contributed by atoms with Crippen molar-refractivity contribution in [1.82, 2.24) is 24.6 Å². The predicted octanol–water partition coefficient (Wildman–Crippen LogP) is 3.31. The van der Waals surface area contributed by atoms with Gasteiger partial charge in [0.15, 0.2) is 17.4 Å². The maximum atomic E-state index is 13.4. The van der Waals surface area contributed by atoms with Crippen molar-refractivity contribution in [3.05, 3.63) is 81.4 Å². The number of carbonyl (C=O) groups excluding carboxylic acids is 1. The van der Waals surface area contributed by atoms with E-state index in [4.69, 9.17) is 0 Å². The molecule has 0 spiro atoms. The quantitative estimate of drug-likeness (QED) is 0.273. The van der Waals surface area contributed by atoms with Gasteiger partial charge < -0.3 is 4.90 Å². The summed E-state index contributed by atoms with van der Waals surface area (Å²) in [7, 11) is 3.85. The zero-order chi connectivity index (χ0) is 23.3. The minimum absolute atomic E-state index is 0.138. The van der Waals surface area contributed by atoms with E-state index in [9.17, 15) is 14.9 Å². The van der Waals surface area contributed by atoms with Crippen LogP contribution in [0.3, 0.4) is 0 Å². The third-order valence-electron chi connectivity index (χ3n) is 5.23. The van der Waals surface area contributed by atoms with Crippen molar-refractivity contribution in [2.24, 2.45) is 0 Å². The largest absolute Gasteiger partial charge is 0.302 e. The zero-order valence-electron chi connectivity index (χ0n) is 18.9. The first-order valence-electron chi connectivity index (χ1n) is 10.5. The third kappa shape index (κ3) is 5.06. The Morgan fingerprint density at radius 3 is 2.19 bits per heavy atom. The fraction of sp³-hybridized carbons (Fsp3) is 0.348. The normalized spacial score (nSPS) is 11.3. The van der Waals surface area contributed by atoms with E-state index in [1.807, 2.05) is 29.6 Å². The Morgan fingerprint density at radius 2 is 1.62 bits per heavy atom. The molecule has 0 fully saturated rings. The highest BCUT2D eigenvalue weighted by Crippen LogP contribution is 2.26. The van der Waals surface area contributed by atoms with E-state index in [0.717, 1.165) is 13.1 Å². The second-order valence-corrected chi connectivity index (χ2v) is 7.72. The summed E-state index contributed by atoms with van der Waals surface area (Å²) in [4.78, 5) is 28.6. The molecule has 2 aromatic carbocycles. The predicted molar refractivity (Wildman–Crippen MR) is 122 cm³/mol. The number of aromatic nitrogens is 3. The van der Waals surface area contributed by atoms with Gasteiger partial charge in [-0.1, -0.05) is 44.2 Å². The fourth-order valence-corrected chi connectivity index (χ4v) is 3.53. The number of rotatable bonds is 10. The fourth-order valence-electron chi connectivity index (χ4n) is 3.53. The van der Waals surface area contributed by atoms with Gasteiger partial charge in [-0.05, 0) is 33.3 Å². The molecule has 168 valence electrons. The van der Waals surface area contributed by atoms with Gasteiger partial charge >= 0.3 is 0 Å². The van der Waals surface area contributed by atoms with Crippen LogP contribution in [0.2, 0.25) is 0 Å². The van der Waals surface area contributed by atoms with Crippen molar-refractivity contribution in [1.29, 1.82) is 0 Å². The molecule has 9 nitrogen and oxygen atoms in total. The molecule has 1 heterocycles. The molecule has 0 radical (unpaired) electrons. The summed E-state index contributed by atoms with van der Waals surface area (Å²) >= 11 is 0. The molecule has 0 bridgehead atoms. The topological polar surface area (TPSA) is 97.4 Å². The molecule has 1 aromatic heterocycles. The number of non-ortho nitro benzene ring substituents is 1. The molecule has 0 N–H and O–H groups in total. The van der Waals surface area contributed by atoms with Gasteiger partial charge in [0, 0.05) is 17.7 Å². The first-order valence-corrected chi connectivity index (χ1v) is 10.5. The number of hydrogen-bond donors (Lipinski definition) is 0. The summed E-state index contributed by atoms with van der Waals surface area (Å²) in [6.45, 7) is 6.86. The average Bonchev–Trinajstić information content (AvgIpc) is 3.17. The summed E-state index contributed by atoms with van der Waals surface area (Å²) in [5, 5.41) is 20.3. The first kappa shape index (κ1) is 23.2. The van der Waals surface area contributed by atoms with Crippen molar-refractivity contribution < 1.29 is 9.72 Å². The molecule has 0 saturated heterocycles. The summed E-state index contributed by atoms with van der Waals surface area (Å²) in [6.07, 6.45) is 0. The number of ketones is 1. The number of benzene rings is 2. The van der Waals surface area contributed by atoms with E-state index in [-0.39, 0.29) is 17.0 Å². The summed E-state index contributed by atoms with van der Waals surface area (Å²) < 4.78 is 1.86. The monoisotopic (exact) mass is 436 g/mol. The molecule has 0 aliphatic rings. The van der Waals surface area contributed by atoms with Crippen LogP contribution in [0.5, 0.6) is 0 Å². The summed E-state index contributed by atoms with van der Waals surface area (Å²) in [5.74, 6) is 1.05. The number of carbonyl (C=O) groups is 1. The van der Waals surface area contributed by atoms with Crippen LogP contribution in [-0.4, -0.2) is 62.5 Å². The molecular formula is C23H28N6O3. The highest BCUT2D eigenvalue weighted by molar-refractivity contribution is 6.11. The molecule has 0 saturated carbocycles. The Kier molecular flexibility index (Phi) is 7.45. The minimum Gasteiger partial charge on any atom is -0.302 e. The van der Waals surface area contributed by atoms with Gasteiger partial charge in [0.2, 0.25) is 0 Å². The van der Waals surface area contributed by atoms with E-state index in [2.05, 4.69) is 28.9 Å².